The molecule has 1 saturated carbocycles. The van der Waals surface area contributed by atoms with Crippen molar-refractivity contribution in [3.05, 3.63) is 35.4 Å². The van der Waals surface area contributed by atoms with Crippen molar-refractivity contribution < 1.29 is 4.79 Å². The monoisotopic (exact) mass is 288 g/mol. The van der Waals surface area contributed by atoms with Crippen molar-refractivity contribution in [3.63, 3.8) is 0 Å². The van der Waals surface area contributed by atoms with Crippen LogP contribution < -0.4 is 10.6 Å². The largest absolute Gasteiger partial charge is 0.355 e. The molecule has 0 heterocycles. The fraction of sp³-hybridized carbons (Fsp3) is 0.611. The molecule has 1 aliphatic rings. The minimum atomic E-state index is 0.182. The maximum Gasteiger partial charge on any atom is 0.223 e. The molecule has 116 valence electrons. The zero-order valence-electron chi connectivity index (χ0n) is 13.5. The Balaban J connectivity index is 1.74. The lowest BCUT2D eigenvalue weighted by Crippen LogP contribution is -2.33. The molecule has 2 N–H and O–H groups in total. The molecule has 0 aromatic heterocycles. The topological polar surface area (TPSA) is 41.1 Å². The maximum atomic E-state index is 12.1. The Labute approximate surface area is 128 Å². The lowest BCUT2D eigenvalue weighted by Gasteiger charge is -2.08. The van der Waals surface area contributed by atoms with E-state index in [-0.39, 0.29) is 11.8 Å². The van der Waals surface area contributed by atoms with Gasteiger partial charge in [-0.25, -0.2) is 0 Å². The van der Waals surface area contributed by atoms with E-state index in [1.54, 1.807) is 0 Å². The second-order valence-corrected chi connectivity index (χ2v) is 6.31. The van der Waals surface area contributed by atoms with E-state index in [2.05, 4.69) is 55.7 Å². The number of benzene rings is 1. The second kappa shape index (κ2) is 7.60. The Morgan fingerprint density at radius 3 is 2.52 bits per heavy atom. The number of rotatable bonds is 8. The Bertz CT molecular complexity index is 453. The van der Waals surface area contributed by atoms with Gasteiger partial charge in [-0.2, -0.15) is 0 Å². The van der Waals surface area contributed by atoms with Crippen LogP contribution in [0.1, 0.15) is 56.6 Å². The average Bonchev–Trinajstić information content (AvgIpc) is 3.27. The molecule has 1 aromatic carbocycles. The lowest BCUT2D eigenvalue weighted by molar-refractivity contribution is -0.122. The number of amides is 1. The van der Waals surface area contributed by atoms with Gasteiger partial charge in [0.25, 0.3) is 0 Å². The van der Waals surface area contributed by atoms with Crippen molar-refractivity contribution in [1.82, 2.24) is 10.6 Å². The molecule has 0 radical (unpaired) electrons. The fourth-order valence-corrected chi connectivity index (χ4v) is 2.69. The molecule has 1 aromatic rings. The van der Waals surface area contributed by atoms with Gasteiger partial charge in [0.2, 0.25) is 5.91 Å². The summed E-state index contributed by atoms with van der Waals surface area (Å²) in [5, 5.41) is 6.33. The van der Waals surface area contributed by atoms with Gasteiger partial charge < -0.3 is 10.6 Å². The lowest BCUT2D eigenvalue weighted by atomic mass is 10.00. The summed E-state index contributed by atoms with van der Waals surface area (Å²) in [6.45, 7) is 9.16. The van der Waals surface area contributed by atoms with E-state index in [0.717, 1.165) is 32.5 Å². The van der Waals surface area contributed by atoms with Gasteiger partial charge >= 0.3 is 0 Å². The van der Waals surface area contributed by atoms with Gasteiger partial charge in [0.05, 0.1) is 0 Å². The molecule has 0 spiro atoms. The van der Waals surface area contributed by atoms with Crippen LogP contribution in [0.15, 0.2) is 24.3 Å². The first-order chi connectivity index (χ1) is 10.1. The number of carbonyl (C=O) groups excluding carboxylic acids is 1. The number of carbonyl (C=O) groups is 1. The molecule has 0 saturated heterocycles. The maximum absolute atomic E-state index is 12.1. The Kier molecular flexibility index (Phi) is 5.80. The molecule has 1 amide bonds. The summed E-state index contributed by atoms with van der Waals surface area (Å²) < 4.78 is 0. The highest BCUT2D eigenvalue weighted by Crippen LogP contribution is 2.47. The first-order valence-corrected chi connectivity index (χ1v) is 8.21. The molecule has 2 rings (SSSR count). The van der Waals surface area contributed by atoms with Gasteiger partial charge in [0.15, 0.2) is 0 Å². The summed E-state index contributed by atoms with van der Waals surface area (Å²) in [4.78, 5) is 12.1. The summed E-state index contributed by atoms with van der Waals surface area (Å²) in [5.41, 5.74) is 2.67. The second-order valence-electron chi connectivity index (χ2n) is 6.31. The van der Waals surface area contributed by atoms with E-state index >= 15 is 0 Å². The van der Waals surface area contributed by atoms with Crippen molar-refractivity contribution in [2.45, 2.75) is 45.4 Å². The summed E-state index contributed by atoms with van der Waals surface area (Å²) >= 11 is 0. The van der Waals surface area contributed by atoms with Crippen molar-refractivity contribution >= 4 is 5.91 Å². The van der Waals surface area contributed by atoms with E-state index in [0.29, 0.717) is 11.8 Å². The van der Waals surface area contributed by atoms with E-state index in [1.165, 1.54) is 11.1 Å². The van der Waals surface area contributed by atoms with Crippen LogP contribution in [-0.4, -0.2) is 25.5 Å². The number of hydrogen-bond acceptors (Lipinski definition) is 2. The van der Waals surface area contributed by atoms with E-state index in [9.17, 15) is 4.79 Å². The molecule has 2 unspecified atom stereocenters. The average molecular weight is 288 g/mol. The molecule has 3 nitrogen and oxygen atoms in total. The molecular formula is C18H28N2O. The smallest absolute Gasteiger partial charge is 0.223 e. The molecule has 0 bridgehead atoms. The molecule has 0 aliphatic heterocycles. The molecule has 21 heavy (non-hydrogen) atoms. The Morgan fingerprint density at radius 2 is 1.90 bits per heavy atom. The summed E-state index contributed by atoms with van der Waals surface area (Å²) in [6, 6.07) is 8.77. The first-order valence-electron chi connectivity index (χ1n) is 8.21. The summed E-state index contributed by atoms with van der Waals surface area (Å²) in [7, 11) is 0. The van der Waals surface area contributed by atoms with Crippen LogP contribution in [0, 0.1) is 5.92 Å². The van der Waals surface area contributed by atoms with Gasteiger partial charge in [-0.15, -0.1) is 0 Å². The van der Waals surface area contributed by atoms with Gasteiger partial charge in [-0.1, -0.05) is 45.0 Å². The van der Waals surface area contributed by atoms with Crippen LogP contribution in [0.4, 0.5) is 0 Å². The van der Waals surface area contributed by atoms with Crippen LogP contribution in [-0.2, 0) is 4.79 Å². The third kappa shape index (κ3) is 4.57. The number of nitrogens with one attached hydrogen (secondary N) is 2. The zero-order valence-corrected chi connectivity index (χ0v) is 13.5. The molecule has 1 aliphatic carbocycles. The minimum absolute atomic E-state index is 0.182. The van der Waals surface area contributed by atoms with Crippen molar-refractivity contribution in [2.24, 2.45) is 5.92 Å². The quantitative estimate of drug-likeness (QED) is 0.722. The minimum Gasteiger partial charge on any atom is -0.355 e. The molecule has 2 atom stereocenters. The number of hydrogen-bond donors (Lipinski definition) is 2. The molecule has 1 fully saturated rings. The van der Waals surface area contributed by atoms with Crippen molar-refractivity contribution in [1.29, 1.82) is 0 Å². The Hall–Kier alpha value is -1.35. The van der Waals surface area contributed by atoms with E-state index in [4.69, 9.17) is 0 Å². The predicted octanol–water partition coefficient (Wildman–Crippen LogP) is 3.03. The fourth-order valence-electron chi connectivity index (χ4n) is 2.69. The summed E-state index contributed by atoms with van der Waals surface area (Å²) in [5.74, 6) is 1.38. The highest BCUT2D eigenvalue weighted by Gasteiger charge is 2.43. The first kappa shape index (κ1) is 16.0. The SMILES string of the molecule is CCCNCCNC(=O)C1CC1c1ccc(C(C)C)cc1. The van der Waals surface area contributed by atoms with E-state index in [1.807, 2.05) is 0 Å². The van der Waals surface area contributed by atoms with Crippen LogP contribution >= 0.6 is 0 Å². The standard InChI is InChI=1S/C18H28N2O/c1-4-9-19-10-11-20-18(21)17-12-16(17)15-7-5-14(6-8-15)13(2)3/h5-8,13,16-17,19H,4,9-12H2,1-3H3,(H,20,21). The molecule has 3 heteroatoms. The van der Waals surface area contributed by atoms with Gasteiger partial charge in [-0.05, 0) is 42.3 Å². The summed E-state index contributed by atoms with van der Waals surface area (Å²) in [6.07, 6.45) is 2.13. The Morgan fingerprint density at radius 1 is 1.19 bits per heavy atom. The highest BCUT2D eigenvalue weighted by molar-refractivity contribution is 5.82. The highest BCUT2D eigenvalue weighted by atomic mass is 16.2. The normalized spacial score (nSPS) is 20.6. The predicted molar refractivity (Wildman–Crippen MR) is 87.5 cm³/mol. The van der Waals surface area contributed by atoms with Crippen molar-refractivity contribution in [3.8, 4) is 0 Å². The van der Waals surface area contributed by atoms with Crippen LogP contribution in [0.5, 0.6) is 0 Å². The van der Waals surface area contributed by atoms with Gasteiger partial charge in [0, 0.05) is 19.0 Å². The zero-order chi connectivity index (χ0) is 15.2. The third-order valence-electron chi connectivity index (χ3n) is 4.19. The van der Waals surface area contributed by atoms with Gasteiger partial charge in [-0.3, -0.25) is 4.79 Å². The van der Waals surface area contributed by atoms with Crippen LogP contribution in [0.25, 0.3) is 0 Å². The van der Waals surface area contributed by atoms with Crippen molar-refractivity contribution in [2.75, 3.05) is 19.6 Å². The van der Waals surface area contributed by atoms with E-state index < -0.39 is 0 Å². The third-order valence-corrected chi connectivity index (χ3v) is 4.19. The van der Waals surface area contributed by atoms with Gasteiger partial charge in [0.1, 0.15) is 0 Å². The van der Waals surface area contributed by atoms with Crippen LogP contribution in [0.3, 0.4) is 0 Å². The molecular weight excluding hydrogens is 260 g/mol. The van der Waals surface area contributed by atoms with Crippen LogP contribution in [0.2, 0.25) is 0 Å².